The van der Waals surface area contributed by atoms with Gasteiger partial charge >= 0.3 is 7.25 Å². The number of carbonyl (C=O) groups excluding carboxylic acids is 1. The highest BCUT2D eigenvalue weighted by Gasteiger charge is 2.20. The Morgan fingerprint density at radius 1 is 1.21 bits per heavy atom. The molecule has 0 aromatic heterocycles. The highest BCUT2D eigenvalue weighted by atomic mass is 19.5. The van der Waals surface area contributed by atoms with Crippen molar-refractivity contribution in [1.82, 2.24) is 0 Å². The van der Waals surface area contributed by atoms with E-state index in [1.54, 1.807) is 0 Å². The number of carbonyl (C=O) groups is 1. The molecule has 0 aliphatic carbocycles. The van der Waals surface area contributed by atoms with Crippen molar-refractivity contribution >= 4 is 13.2 Å². The van der Waals surface area contributed by atoms with Gasteiger partial charge in [-0.15, -0.1) is 0 Å². The zero-order valence-corrected chi connectivity index (χ0v) is 8.86. The summed E-state index contributed by atoms with van der Waals surface area (Å²) in [6.07, 6.45) is 0.500. The molecule has 2 nitrogen and oxygen atoms in total. The largest absolute Gasteiger partial charge is 0.673 e. The number of hydrogen-bond donors (Lipinski definition) is 1. The highest BCUT2D eigenvalue weighted by Crippen LogP contribution is 2.06. The first-order chi connectivity index (χ1) is 6.13. The van der Waals surface area contributed by atoms with Gasteiger partial charge in [-0.05, 0) is 5.92 Å². The lowest BCUT2D eigenvalue weighted by atomic mass is 10.1. The lowest BCUT2D eigenvalue weighted by molar-refractivity contribution is -0.118. The second-order valence-corrected chi connectivity index (χ2v) is 2.56. The molecular weight excluding hydrogens is 201 g/mol. The van der Waals surface area contributed by atoms with Crippen LogP contribution < -0.4 is 5.73 Å². The molecule has 0 saturated carbocycles. The van der Waals surface area contributed by atoms with Crippen LogP contribution in [0.5, 0.6) is 0 Å². The normalized spacial score (nSPS) is 9.50. The minimum absolute atomic E-state index is 0.213. The summed E-state index contributed by atoms with van der Waals surface area (Å²) in [6, 6.07) is 0. The molecule has 7 heteroatoms. The van der Waals surface area contributed by atoms with Crippen molar-refractivity contribution in [2.45, 2.75) is 34.1 Å². The molecule has 0 rings (SSSR count). The van der Waals surface area contributed by atoms with E-state index in [1.807, 2.05) is 27.7 Å². The Hall–Kier alpha value is -0.745. The molecule has 0 spiro atoms. The van der Waals surface area contributed by atoms with Crippen molar-refractivity contribution in [3.63, 3.8) is 0 Å². The van der Waals surface area contributed by atoms with E-state index in [0.29, 0.717) is 12.3 Å². The van der Waals surface area contributed by atoms with Gasteiger partial charge in [-0.2, -0.15) is 0 Å². The minimum atomic E-state index is -6.00. The number of primary amides is 1. The summed E-state index contributed by atoms with van der Waals surface area (Å²) in [7, 11) is -6.00. The number of amides is 1. The maximum absolute atomic E-state index is 10.0. The van der Waals surface area contributed by atoms with Gasteiger partial charge in [0.2, 0.25) is 5.91 Å². The van der Waals surface area contributed by atoms with E-state index in [1.165, 1.54) is 0 Å². The monoisotopic (exact) mass is 218 g/mol. The van der Waals surface area contributed by atoms with Crippen LogP contribution in [-0.2, 0) is 4.79 Å². The molecule has 0 radical (unpaired) electrons. The fourth-order valence-electron chi connectivity index (χ4n) is 0.402. The summed E-state index contributed by atoms with van der Waals surface area (Å²) in [5.74, 6) is 0.188. The third kappa shape index (κ3) is 112. The van der Waals surface area contributed by atoms with Crippen molar-refractivity contribution in [1.29, 1.82) is 0 Å². The van der Waals surface area contributed by atoms with Gasteiger partial charge in [0, 0.05) is 6.42 Å². The fourth-order valence-corrected chi connectivity index (χ4v) is 0.402. The van der Waals surface area contributed by atoms with Crippen LogP contribution in [0.15, 0.2) is 0 Å². The Morgan fingerprint density at radius 3 is 1.43 bits per heavy atom. The van der Waals surface area contributed by atoms with Crippen LogP contribution in [0.2, 0.25) is 0 Å². The summed E-state index contributed by atoms with van der Waals surface area (Å²) in [4.78, 5) is 10.0. The highest BCUT2D eigenvalue weighted by molar-refractivity contribution is 6.50. The second-order valence-electron chi connectivity index (χ2n) is 2.56. The van der Waals surface area contributed by atoms with E-state index < -0.39 is 7.25 Å². The van der Waals surface area contributed by atoms with Gasteiger partial charge in [-0.3, -0.25) is 4.79 Å². The summed E-state index contributed by atoms with van der Waals surface area (Å²) >= 11 is 0. The molecule has 0 aliphatic heterocycles. The molecule has 0 heterocycles. The molecule has 0 aromatic carbocycles. The van der Waals surface area contributed by atoms with Gasteiger partial charge in [0.05, 0.1) is 0 Å². The SMILES string of the molecule is CC.CC(C)CC(N)=O.F[B-](F)(F)F. The van der Waals surface area contributed by atoms with Crippen LogP contribution in [0.3, 0.4) is 0 Å². The lowest BCUT2D eigenvalue weighted by Gasteiger charge is -1.95. The van der Waals surface area contributed by atoms with Crippen molar-refractivity contribution in [3.05, 3.63) is 0 Å². The van der Waals surface area contributed by atoms with Crippen LogP contribution in [0, 0.1) is 5.92 Å². The molecule has 2 N–H and O–H groups in total. The molecule has 0 bridgehead atoms. The smallest absolute Gasteiger partial charge is 0.418 e. The molecule has 0 aliphatic rings. The number of nitrogens with two attached hydrogens (primary N) is 1. The van der Waals surface area contributed by atoms with E-state index in [9.17, 15) is 22.1 Å². The average molecular weight is 218 g/mol. The molecule has 14 heavy (non-hydrogen) atoms. The first-order valence-electron chi connectivity index (χ1n) is 4.28. The van der Waals surface area contributed by atoms with E-state index in [4.69, 9.17) is 5.73 Å². The summed E-state index contributed by atoms with van der Waals surface area (Å²) in [5.41, 5.74) is 4.85. The third-order valence-electron chi connectivity index (χ3n) is 0.609. The van der Waals surface area contributed by atoms with Crippen molar-refractivity contribution in [3.8, 4) is 0 Å². The number of hydrogen-bond acceptors (Lipinski definition) is 1. The van der Waals surface area contributed by atoms with E-state index >= 15 is 0 Å². The minimum Gasteiger partial charge on any atom is -0.418 e. The number of rotatable bonds is 2. The van der Waals surface area contributed by atoms with Gasteiger partial charge in [0.25, 0.3) is 0 Å². The Balaban J connectivity index is -0.000000152. The molecule has 1 amide bonds. The van der Waals surface area contributed by atoms with Crippen molar-refractivity contribution < 1.29 is 22.1 Å². The summed E-state index contributed by atoms with van der Waals surface area (Å²) in [5, 5.41) is 0. The number of halogens is 4. The standard InChI is InChI=1S/C5H11NO.C2H6.BF4/c1-4(2)3-5(6)7;1-2;2-1(3,4)5/h4H,3H2,1-2H3,(H2,6,7);1-2H3;/q;;-1. The predicted molar refractivity (Wildman–Crippen MR) is 50.2 cm³/mol. The fraction of sp³-hybridized carbons (Fsp3) is 0.857. The molecule has 0 fully saturated rings. The van der Waals surface area contributed by atoms with Crippen LogP contribution in [0.1, 0.15) is 34.1 Å². The zero-order valence-electron chi connectivity index (χ0n) is 8.86. The van der Waals surface area contributed by atoms with E-state index in [0.717, 1.165) is 0 Å². The summed E-state index contributed by atoms with van der Waals surface area (Å²) < 4.78 is 39.0. The second kappa shape index (κ2) is 10.3. The Kier molecular flexibility index (Phi) is 14.0. The van der Waals surface area contributed by atoms with Crippen LogP contribution >= 0.6 is 0 Å². The van der Waals surface area contributed by atoms with Crippen LogP contribution in [-0.4, -0.2) is 13.2 Å². The lowest BCUT2D eigenvalue weighted by Crippen LogP contribution is -2.12. The van der Waals surface area contributed by atoms with Gasteiger partial charge in [0.1, 0.15) is 0 Å². The molecule has 88 valence electrons. The Labute approximate surface area is 82.0 Å². The van der Waals surface area contributed by atoms with E-state index in [-0.39, 0.29) is 5.91 Å². The van der Waals surface area contributed by atoms with Gasteiger partial charge < -0.3 is 23.0 Å². The third-order valence-corrected chi connectivity index (χ3v) is 0.609. The van der Waals surface area contributed by atoms with Gasteiger partial charge in [0.15, 0.2) is 0 Å². The molecule has 0 atom stereocenters. The molecule has 0 unspecified atom stereocenters. The molecular formula is C7H17BF4NO-. The van der Waals surface area contributed by atoms with Crippen LogP contribution in [0.25, 0.3) is 0 Å². The van der Waals surface area contributed by atoms with Gasteiger partial charge in [-0.1, -0.05) is 27.7 Å². The quantitative estimate of drug-likeness (QED) is 0.561. The average Bonchev–Trinajstić information content (AvgIpc) is 1.84. The zero-order chi connectivity index (χ0) is 12.4. The Morgan fingerprint density at radius 2 is 1.43 bits per heavy atom. The molecule has 0 aromatic rings. The Bertz CT molecular complexity index is 132. The molecule has 0 saturated heterocycles. The summed E-state index contributed by atoms with van der Waals surface area (Å²) in [6.45, 7) is 7.93. The van der Waals surface area contributed by atoms with Crippen LogP contribution in [0.4, 0.5) is 17.3 Å². The first-order valence-corrected chi connectivity index (χ1v) is 4.28. The van der Waals surface area contributed by atoms with Crippen molar-refractivity contribution in [2.75, 3.05) is 0 Å². The topological polar surface area (TPSA) is 43.1 Å². The first kappa shape index (κ1) is 18.9. The maximum Gasteiger partial charge on any atom is 0.673 e. The predicted octanol–water partition coefficient (Wildman–Crippen LogP) is 2.84. The van der Waals surface area contributed by atoms with Gasteiger partial charge in [-0.25, -0.2) is 0 Å². The van der Waals surface area contributed by atoms with E-state index in [2.05, 4.69) is 0 Å². The van der Waals surface area contributed by atoms with Crippen molar-refractivity contribution in [2.24, 2.45) is 11.7 Å². The maximum atomic E-state index is 10.0.